The summed E-state index contributed by atoms with van der Waals surface area (Å²) in [7, 11) is 0. The molecule has 0 unspecified atom stereocenters. The number of hydrogen-bond acceptors (Lipinski definition) is 2. The molecule has 2 aliphatic heterocycles. The molecule has 5 rings (SSSR count). The van der Waals surface area contributed by atoms with Crippen LogP contribution < -0.4 is 0 Å². The zero-order chi connectivity index (χ0) is 30.6. The van der Waals surface area contributed by atoms with Crippen molar-refractivity contribution >= 4 is 22.7 Å². The number of amides is 3. The number of hydrogen-bond donors (Lipinski definition) is 0. The highest BCUT2D eigenvalue weighted by Crippen LogP contribution is 2.58. The van der Waals surface area contributed by atoms with Gasteiger partial charge in [0.15, 0.2) is 0 Å². The van der Waals surface area contributed by atoms with Crippen molar-refractivity contribution in [2.45, 2.75) is 118 Å². The average molecular weight is 583 g/mol. The third-order valence-corrected chi connectivity index (χ3v) is 10.6. The van der Waals surface area contributed by atoms with Crippen LogP contribution in [0.4, 0.5) is 4.79 Å². The van der Waals surface area contributed by atoms with Gasteiger partial charge in [0.1, 0.15) is 0 Å². The maximum atomic E-state index is 14.3. The van der Waals surface area contributed by atoms with Crippen molar-refractivity contribution in [3.05, 3.63) is 70.9 Å². The number of rotatable bonds is 14. The van der Waals surface area contributed by atoms with Gasteiger partial charge in [-0.05, 0) is 78.7 Å². The van der Waals surface area contributed by atoms with Crippen LogP contribution in [0.15, 0.2) is 65.4 Å². The molecule has 2 aromatic carbocycles. The number of carbonyl (C=O) groups excluding carboxylic acids is 2. The molecule has 0 bridgehead atoms. The van der Waals surface area contributed by atoms with Gasteiger partial charge in [-0.2, -0.15) is 0 Å². The Morgan fingerprint density at radius 2 is 1.65 bits per heavy atom. The lowest BCUT2D eigenvalue weighted by Gasteiger charge is -2.52. The minimum Gasteiger partial charge on any atom is -0.296 e. The van der Waals surface area contributed by atoms with Crippen molar-refractivity contribution in [3.63, 3.8) is 0 Å². The van der Waals surface area contributed by atoms with E-state index in [1.54, 1.807) is 4.90 Å². The number of nitrogens with zero attached hydrogens (tertiary/aromatic N) is 2. The molecular formula is C39H54N2O2. The Balaban J connectivity index is 1.32. The van der Waals surface area contributed by atoms with Crippen molar-refractivity contribution in [2.24, 2.45) is 16.7 Å². The molecule has 1 fully saturated rings. The van der Waals surface area contributed by atoms with Gasteiger partial charge >= 0.3 is 6.03 Å². The second kappa shape index (κ2) is 13.4. The Bertz CT molecular complexity index is 1380. The number of allylic oxidation sites excluding steroid dienone is 2. The monoisotopic (exact) mass is 582 g/mol. The fourth-order valence-corrected chi connectivity index (χ4v) is 8.29. The number of carbonyl (C=O) groups is 2. The first-order chi connectivity index (χ1) is 20.7. The maximum Gasteiger partial charge on any atom is 0.331 e. The van der Waals surface area contributed by atoms with Crippen LogP contribution >= 0.6 is 0 Å². The molecule has 1 aliphatic carbocycles. The van der Waals surface area contributed by atoms with E-state index < -0.39 is 5.41 Å². The Morgan fingerprint density at radius 3 is 2.40 bits per heavy atom. The van der Waals surface area contributed by atoms with Gasteiger partial charge in [-0.15, -0.1) is 0 Å². The highest BCUT2D eigenvalue weighted by Gasteiger charge is 2.61. The number of fused-ring (bicyclic) bond motifs is 1. The molecule has 2 aromatic rings. The normalized spacial score (nSPS) is 24.1. The van der Waals surface area contributed by atoms with Crippen LogP contribution in [-0.4, -0.2) is 34.8 Å². The molecule has 0 aromatic heterocycles. The number of unbranched alkanes of at least 4 members (excludes halogenated alkanes) is 8. The summed E-state index contributed by atoms with van der Waals surface area (Å²) in [6.45, 7) is 12.1. The molecule has 0 spiro atoms. The lowest BCUT2D eigenvalue weighted by atomic mass is 9.68. The zero-order valence-electron chi connectivity index (χ0n) is 27.5. The largest absolute Gasteiger partial charge is 0.331 e. The van der Waals surface area contributed by atoms with Crippen LogP contribution in [0.2, 0.25) is 0 Å². The van der Waals surface area contributed by atoms with Gasteiger partial charge in [0, 0.05) is 12.2 Å². The smallest absolute Gasteiger partial charge is 0.296 e. The van der Waals surface area contributed by atoms with Crippen molar-refractivity contribution in [1.29, 1.82) is 0 Å². The first-order valence-electron chi connectivity index (χ1n) is 17.2. The minimum atomic E-state index is -0.581. The average Bonchev–Trinajstić information content (AvgIpc) is 3.38. The Labute approximate surface area is 260 Å². The fourth-order valence-electron chi connectivity index (χ4n) is 8.29. The predicted molar refractivity (Wildman–Crippen MR) is 179 cm³/mol. The maximum absolute atomic E-state index is 14.3. The summed E-state index contributed by atoms with van der Waals surface area (Å²) in [5.41, 5.74) is 4.21. The molecule has 43 heavy (non-hydrogen) atoms. The van der Waals surface area contributed by atoms with Gasteiger partial charge in [0.25, 0.3) is 0 Å². The van der Waals surface area contributed by atoms with Crippen LogP contribution in [0.1, 0.15) is 117 Å². The van der Waals surface area contributed by atoms with E-state index in [1.165, 1.54) is 73.3 Å². The molecule has 0 saturated carbocycles. The molecule has 0 radical (unpaired) electrons. The molecule has 2 atom stereocenters. The second-order valence-corrected chi connectivity index (χ2v) is 14.5. The SMILES string of the molecule is CCCCCCCCCC/C=C(\C)CN1C(=O)N2C[C@@](C)(Cc3cccc4ccccc34)CC3=C2[C@](C(C)C)(CC3)C1=O. The lowest BCUT2D eigenvalue weighted by molar-refractivity contribution is -0.143. The first kappa shape index (κ1) is 31.5. The van der Waals surface area contributed by atoms with Crippen LogP contribution in [0.5, 0.6) is 0 Å². The predicted octanol–water partition coefficient (Wildman–Crippen LogP) is 10.2. The Morgan fingerprint density at radius 1 is 0.953 bits per heavy atom. The standard InChI is InChI=1S/C39H54N2O2/c1-6-7-8-9-10-11-12-13-14-18-30(4)27-40-36(42)39(29(2)3)24-23-33-26-38(5,28-41(35(33)39)37(40)43)25-32-21-17-20-31-19-15-16-22-34(31)32/h15-22,29H,6-14,23-28H2,1-5H3/b30-18+/t38-,39+/m0/s1. The molecular weight excluding hydrogens is 528 g/mol. The zero-order valence-corrected chi connectivity index (χ0v) is 27.5. The molecule has 2 heterocycles. The molecule has 4 nitrogen and oxygen atoms in total. The highest BCUT2D eigenvalue weighted by atomic mass is 16.2. The fraction of sp³-hybridized carbons (Fsp3) is 0.590. The summed E-state index contributed by atoms with van der Waals surface area (Å²) in [4.78, 5) is 32.2. The Kier molecular flexibility index (Phi) is 9.83. The van der Waals surface area contributed by atoms with Crippen LogP contribution in [0.3, 0.4) is 0 Å². The van der Waals surface area contributed by atoms with Gasteiger partial charge in [0.05, 0.1) is 12.0 Å². The van der Waals surface area contributed by atoms with Crippen LogP contribution in [0, 0.1) is 16.7 Å². The summed E-state index contributed by atoms with van der Waals surface area (Å²) in [6.07, 6.45) is 17.3. The van der Waals surface area contributed by atoms with E-state index in [4.69, 9.17) is 0 Å². The highest BCUT2D eigenvalue weighted by molar-refractivity contribution is 6.04. The van der Waals surface area contributed by atoms with Gasteiger partial charge in [-0.3, -0.25) is 14.6 Å². The molecule has 232 valence electrons. The number of urea groups is 1. The minimum absolute atomic E-state index is 0.0336. The van der Waals surface area contributed by atoms with E-state index in [9.17, 15) is 9.59 Å². The van der Waals surface area contributed by atoms with Crippen LogP contribution in [-0.2, 0) is 11.2 Å². The van der Waals surface area contributed by atoms with Gasteiger partial charge in [-0.1, -0.05) is 127 Å². The van der Waals surface area contributed by atoms with Gasteiger partial charge < -0.3 is 0 Å². The third kappa shape index (κ3) is 6.35. The molecule has 3 aliphatic rings. The summed E-state index contributed by atoms with van der Waals surface area (Å²) < 4.78 is 0. The molecule has 3 amide bonds. The van der Waals surface area contributed by atoms with E-state index in [0.29, 0.717) is 13.1 Å². The van der Waals surface area contributed by atoms with E-state index in [0.717, 1.165) is 43.4 Å². The third-order valence-electron chi connectivity index (χ3n) is 10.6. The quantitative estimate of drug-likeness (QED) is 0.164. The van der Waals surface area contributed by atoms with Crippen molar-refractivity contribution < 1.29 is 9.59 Å². The van der Waals surface area contributed by atoms with E-state index in [1.807, 2.05) is 4.90 Å². The van der Waals surface area contributed by atoms with E-state index >= 15 is 0 Å². The molecule has 1 saturated heterocycles. The molecule has 0 N–H and O–H groups in total. The first-order valence-corrected chi connectivity index (χ1v) is 17.2. The number of imide groups is 1. The van der Waals surface area contributed by atoms with Crippen molar-refractivity contribution in [2.75, 3.05) is 13.1 Å². The summed E-state index contributed by atoms with van der Waals surface area (Å²) in [5.74, 6) is 0.181. The van der Waals surface area contributed by atoms with E-state index in [-0.39, 0.29) is 23.3 Å². The summed E-state index contributed by atoms with van der Waals surface area (Å²) >= 11 is 0. The van der Waals surface area contributed by atoms with Gasteiger partial charge in [0.2, 0.25) is 5.91 Å². The topological polar surface area (TPSA) is 40.6 Å². The Hall–Kier alpha value is -2.88. The summed E-state index contributed by atoms with van der Waals surface area (Å²) in [5, 5.41) is 2.56. The summed E-state index contributed by atoms with van der Waals surface area (Å²) in [6, 6.07) is 15.1. The van der Waals surface area contributed by atoms with E-state index in [2.05, 4.69) is 83.2 Å². The number of benzene rings is 2. The van der Waals surface area contributed by atoms with Crippen LogP contribution in [0.25, 0.3) is 10.8 Å². The second-order valence-electron chi connectivity index (χ2n) is 14.5. The van der Waals surface area contributed by atoms with Crippen molar-refractivity contribution in [3.8, 4) is 0 Å². The lowest BCUT2D eigenvalue weighted by Crippen LogP contribution is -2.63. The van der Waals surface area contributed by atoms with Gasteiger partial charge in [-0.25, -0.2) is 4.79 Å². The molecule has 4 heteroatoms. The van der Waals surface area contributed by atoms with Crippen molar-refractivity contribution in [1.82, 2.24) is 9.80 Å².